The van der Waals surface area contributed by atoms with Gasteiger partial charge in [-0.15, -0.1) is 13.2 Å². The summed E-state index contributed by atoms with van der Waals surface area (Å²) in [4.78, 5) is 12.4. The maximum atomic E-state index is 14.7. The van der Waals surface area contributed by atoms with E-state index < -0.39 is 61.8 Å². The van der Waals surface area contributed by atoms with Crippen LogP contribution >= 0.6 is 0 Å². The van der Waals surface area contributed by atoms with Gasteiger partial charge in [0.2, 0.25) is 0 Å². The molecule has 0 amide bonds. The van der Waals surface area contributed by atoms with E-state index in [0.29, 0.717) is 24.7 Å². The van der Waals surface area contributed by atoms with Crippen LogP contribution in [0.1, 0.15) is 64.7 Å². The van der Waals surface area contributed by atoms with Crippen molar-refractivity contribution >= 4 is 5.97 Å². The van der Waals surface area contributed by atoms with Crippen molar-refractivity contribution < 1.29 is 40.6 Å². The van der Waals surface area contributed by atoms with Gasteiger partial charge in [-0.25, -0.2) is 13.2 Å². The molecule has 3 fully saturated rings. The van der Waals surface area contributed by atoms with Gasteiger partial charge in [0, 0.05) is 12.8 Å². The first-order valence-electron chi connectivity index (χ1n) is 10.9. The van der Waals surface area contributed by atoms with Crippen molar-refractivity contribution in [1.82, 2.24) is 0 Å². The van der Waals surface area contributed by atoms with Crippen LogP contribution < -0.4 is 0 Å². The van der Waals surface area contributed by atoms with Crippen molar-refractivity contribution in [1.29, 1.82) is 0 Å². The summed E-state index contributed by atoms with van der Waals surface area (Å²) in [6, 6.07) is 0. The third-order valence-corrected chi connectivity index (χ3v) is 7.08. The van der Waals surface area contributed by atoms with E-state index in [0.717, 1.165) is 25.7 Å². The van der Waals surface area contributed by atoms with Gasteiger partial charge in [0.05, 0.1) is 5.92 Å². The molecule has 0 aromatic carbocycles. The zero-order valence-corrected chi connectivity index (χ0v) is 17.1. The Bertz CT molecular complexity index is 566. The van der Waals surface area contributed by atoms with E-state index in [1.165, 1.54) is 0 Å². The number of halogens is 6. The molecule has 0 radical (unpaired) electrons. The molecule has 5 unspecified atom stereocenters. The van der Waals surface area contributed by atoms with Gasteiger partial charge in [-0.3, -0.25) is 9.53 Å². The predicted molar refractivity (Wildman–Crippen MR) is 96.7 cm³/mol. The molecule has 0 bridgehead atoms. The maximum absolute atomic E-state index is 14.7. The van der Waals surface area contributed by atoms with Crippen LogP contribution in [0, 0.1) is 23.7 Å². The van der Waals surface area contributed by atoms with Crippen LogP contribution in [0.2, 0.25) is 0 Å². The van der Waals surface area contributed by atoms with Crippen LogP contribution in [-0.4, -0.2) is 43.1 Å². The lowest BCUT2D eigenvalue weighted by Gasteiger charge is -2.39. The molecule has 3 saturated carbocycles. The summed E-state index contributed by atoms with van der Waals surface area (Å²) in [5, 5.41) is 0. The van der Waals surface area contributed by atoms with Crippen molar-refractivity contribution in [2.45, 2.75) is 102 Å². The average molecular weight is 444 g/mol. The van der Waals surface area contributed by atoms with Crippen LogP contribution in [0.15, 0.2) is 0 Å². The van der Waals surface area contributed by atoms with Crippen molar-refractivity contribution in [3.05, 3.63) is 0 Å². The number of alkyl halides is 6. The molecule has 3 nitrogen and oxygen atoms in total. The Balaban J connectivity index is 1.48. The largest absolute Gasteiger partial charge is 0.522 e. The number of carbonyl (C=O) groups excluding carboxylic acids is 1. The highest BCUT2D eigenvalue weighted by molar-refractivity contribution is 5.73. The first-order chi connectivity index (χ1) is 14.0. The number of hydrogen-bond acceptors (Lipinski definition) is 3. The Hall–Kier alpha value is -0.990. The smallest absolute Gasteiger partial charge is 0.462 e. The first-order valence-corrected chi connectivity index (χ1v) is 10.9. The summed E-state index contributed by atoms with van der Waals surface area (Å²) in [6.07, 6.45) is -10.0. The molecule has 0 saturated heterocycles. The molecule has 3 aliphatic carbocycles. The quantitative estimate of drug-likeness (QED) is 0.403. The molecule has 0 heterocycles. The van der Waals surface area contributed by atoms with Gasteiger partial charge >= 0.3 is 12.3 Å². The topological polar surface area (TPSA) is 35.5 Å². The molecule has 0 aromatic heterocycles. The van der Waals surface area contributed by atoms with Gasteiger partial charge in [0.1, 0.15) is 30.7 Å². The molecule has 9 heteroatoms. The maximum Gasteiger partial charge on any atom is 0.522 e. The minimum atomic E-state index is -5.15. The Labute approximate surface area is 172 Å². The van der Waals surface area contributed by atoms with Crippen molar-refractivity contribution in [3.8, 4) is 0 Å². The van der Waals surface area contributed by atoms with Crippen LogP contribution in [0.4, 0.5) is 26.3 Å². The number of esters is 1. The van der Waals surface area contributed by atoms with Gasteiger partial charge in [-0.05, 0) is 49.9 Å². The Morgan fingerprint density at radius 1 is 0.800 bits per heavy atom. The number of ether oxygens (including phenoxy) is 2. The number of carbonyl (C=O) groups is 1. The third kappa shape index (κ3) is 6.04. The zero-order chi connectivity index (χ0) is 22.1. The lowest BCUT2D eigenvalue weighted by molar-refractivity contribution is -0.359. The predicted octanol–water partition coefficient (Wildman–Crippen LogP) is 5.85. The Morgan fingerprint density at radius 3 is 1.90 bits per heavy atom. The monoisotopic (exact) mass is 444 g/mol. The summed E-state index contributed by atoms with van der Waals surface area (Å²) in [6.45, 7) is 2.22. The van der Waals surface area contributed by atoms with Crippen LogP contribution in [0.3, 0.4) is 0 Å². The lowest BCUT2D eigenvalue weighted by atomic mass is 9.69. The van der Waals surface area contributed by atoms with E-state index in [1.54, 1.807) is 0 Å². The zero-order valence-electron chi connectivity index (χ0n) is 17.1. The minimum absolute atomic E-state index is 0.233. The van der Waals surface area contributed by atoms with Crippen molar-refractivity contribution in [3.63, 3.8) is 0 Å². The van der Waals surface area contributed by atoms with Crippen LogP contribution in [0.5, 0.6) is 0 Å². The molecule has 5 atom stereocenters. The van der Waals surface area contributed by atoms with Gasteiger partial charge in [-0.1, -0.05) is 19.8 Å². The fourth-order valence-corrected chi connectivity index (χ4v) is 5.34. The molecule has 174 valence electrons. The fraction of sp³-hybridized carbons (Fsp3) is 0.952. The third-order valence-electron chi connectivity index (χ3n) is 7.08. The highest BCUT2D eigenvalue weighted by Gasteiger charge is 2.48. The van der Waals surface area contributed by atoms with E-state index in [2.05, 4.69) is 11.7 Å². The van der Waals surface area contributed by atoms with E-state index in [1.807, 2.05) is 0 Å². The van der Waals surface area contributed by atoms with Crippen LogP contribution in [-0.2, 0) is 14.3 Å². The Morgan fingerprint density at radius 2 is 1.37 bits per heavy atom. The number of hydrogen-bond donors (Lipinski definition) is 0. The van der Waals surface area contributed by atoms with Crippen LogP contribution in [0.25, 0.3) is 0 Å². The summed E-state index contributed by atoms with van der Waals surface area (Å²) < 4.78 is 88.2. The summed E-state index contributed by atoms with van der Waals surface area (Å²) in [7, 11) is 0. The normalized spacial score (nSPS) is 43.2. The molecule has 0 N–H and O–H groups in total. The van der Waals surface area contributed by atoms with Gasteiger partial charge in [0.15, 0.2) is 0 Å². The first kappa shape index (κ1) is 23.7. The molecule has 30 heavy (non-hydrogen) atoms. The lowest BCUT2D eigenvalue weighted by Crippen LogP contribution is -2.48. The summed E-state index contributed by atoms with van der Waals surface area (Å²) >= 11 is 0. The number of rotatable bonds is 4. The van der Waals surface area contributed by atoms with E-state index >= 15 is 0 Å². The van der Waals surface area contributed by atoms with E-state index in [9.17, 15) is 31.1 Å². The standard InChI is InChI=1S/C21H30F6O3/c1-11-2-4-12(5-3-11)13-6-7-15(16(22)8-13)20(28)29-14-9-17(23)19(18(24)10-14)30-21(25,26)27/h11-19H,2-10H2,1H3. The Kier molecular flexibility index (Phi) is 7.62. The second-order valence-electron chi connectivity index (χ2n) is 9.31. The van der Waals surface area contributed by atoms with E-state index in [4.69, 9.17) is 4.74 Å². The fourth-order valence-electron chi connectivity index (χ4n) is 5.34. The molecular formula is C21H30F6O3. The second kappa shape index (κ2) is 9.65. The minimum Gasteiger partial charge on any atom is -0.462 e. The molecule has 3 rings (SSSR count). The SMILES string of the molecule is CC1CCC(C2CCC(C(=O)OC3CC(F)C(OC(F)(F)F)C(F)C3)C(F)C2)CC1. The van der Waals surface area contributed by atoms with Crippen molar-refractivity contribution in [2.75, 3.05) is 0 Å². The van der Waals surface area contributed by atoms with Gasteiger partial charge in [-0.2, -0.15) is 0 Å². The second-order valence-corrected chi connectivity index (χ2v) is 9.31. The average Bonchev–Trinajstić information content (AvgIpc) is 2.64. The van der Waals surface area contributed by atoms with Gasteiger partial charge < -0.3 is 4.74 Å². The molecular weight excluding hydrogens is 414 g/mol. The highest BCUT2D eigenvalue weighted by atomic mass is 19.4. The molecule has 3 aliphatic rings. The van der Waals surface area contributed by atoms with Gasteiger partial charge in [0.25, 0.3) is 0 Å². The summed E-state index contributed by atoms with van der Waals surface area (Å²) in [5.74, 6) is -0.428. The molecule has 0 spiro atoms. The molecule has 0 aliphatic heterocycles. The highest BCUT2D eigenvalue weighted by Crippen LogP contribution is 2.43. The summed E-state index contributed by atoms with van der Waals surface area (Å²) in [5.41, 5.74) is 0. The molecule has 0 aromatic rings. The van der Waals surface area contributed by atoms with Crippen molar-refractivity contribution in [2.24, 2.45) is 23.7 Å². The van der Waals surface area contributed by atoms with E-state index in [-0.39, 0.29) is 12.3 Å².